The average molecular weight is 286 g/mol. The third-order valence-corrected chi connectivity index (χ3v) is 2.62. The first-order valence-electron chi connectivity index (χ1n) is 5.33. The summed E-state index contributed by atoms with van der Waals surface area (Å²) in [5.74, 6) is -2.57. The van der Waals surface area contributed by atoms with Crippen LogP contribution in [0.15, 0.2) is 18.5 Å². The molecule has 0 saturated carbocycles. The van der Waals surface area contributed by atoms with E-state index in [-0.39, 0.29) is 23.4 Å². The molecule has 1 atom stereocenters. The van der Waals surface area contributed by atoms with E-state index >= 15 is 0 Å². The fraction of sp³-hybridized carbons (Fsp3) is 0.273. The summed E-state index contributed by atoms with van der Waals surface area (Å²) in [4.78, 5) is 37.1. The highest BCUT2D eigenvalue weighted by molar-refractivity contribution is 6.33. The van der Waals surface area contributed by atoms with Gasteiger partial charge in [0.25, 0.3) is 5.91 Å². The number of nitrogens with two attached hydrogens (primary N) is 1. The van der Waals surface area contributed by atoms with E-state index in [9.17, 15) is 14.4 Å². The zero-order valence-electron chi connectivity index (χ0n) is 9.80. The first-order chi connectivity index (χ1) is 8.91. The lowest BCUT2D eigenvalue weighted by Gasteiger charge is -2.14. The maximum Gasteiger partial charge on any atom is 0.326 e. The molecule has 102 valence electrons. The standard InChI is InChI=1S/C11H12ClN3O4/c12-7-3-4-14-5-6(7)10(17)15-8(11(18)19)1-2-9(13)16/h3-5,8H,1-2H2,(H2,13,16)(H,15,17)(H,18,19)/t8-/m1/s1. The lowest BCUT2D eigenvalue weighted by atomic mass is 10.1. The monoisotopic (exact) mass is 285 g/mol. The SMILES string of the molecule is NC(=O)CC[C@@H](NC(=O)c1cnccc1Cl)C(=O)O. The molecule has 1 rings (SSSR count). The first-order valence-corrected chi connectivity index (χ1v) is 5.71. The van der Waals surface area contributed by atoms with Crippen LogP contribution in [0.25, 0.3) is 0 Å². The van der Waals surface area contributed by atoms with Crippen molar-refractivity contribution < 1.29 is 19.5 Å². The minimum atomic E-state index is -1.25. The van der Waals surface area contributed by atoms with Gasteiger partial charge in [0.05, 0.1) is 10.6 Å². The van der Waals surface area contributed by atoms with E-state index in [1.54, 1.807) is 0 Å². The number of carboxylic acid groups (broad SMARTS) is 1. The van der Waals surface area contributed by atoms with Gasteiger partial charge in [-0.25, -0.2) is 4.79 Å². The molecule has 2 amide bonds. The summed E-state index contributed by atoms with van der Waals surface area (Å²) in [6.45, 7) is 0. The van der Waals surface area contributed by atoms with E-state index in [0.717, 1.165) is 0 Å². The number of carbonyl (C=O) groups excluding carboxylic acids is 2. The predicted octanol–water partition coefficient (Wildman–Crippen LogP) is 0.183. The van der Waals surface area contributed by atoms with E-state index in [0.29, 0.717) is 0 Å². The molecule has 0 spiro atoms. The minimum absolute atomic E-state index is 0.0643. The zero-order valence-corrected chi connectivity index (χ0v) is 10.6. The van der Waals surface area contributed by atoms with Crippen LogP contribution in [-0.2, 0) is 9.59 Å². The van der Waals surface area contributed by atoms with Crippen molar-refractivity contribution in [2.75, 3.05) is 0 Å². The largest absolute Gasteiger partial charge is 0.480 e. The molecule has 1 aromatic rings. The Hall–Kier alpha value is -2.15. The summed E-state index contributed by atoms with van der Waals surface area (Å²) in [6.07, 6.45) is 2.40. The maximum absolute atomic E-state index is 11.8. The van der Waals surface area contributed by atoms with Crippen molar-refractivity contribution in [3.63, 3.8) is 0 Å². The number of aromatic nitrogens is 1. The number of amides is 2. The van der Waals surface area contributed by atoms with Gasteiger partial charge in [-0.3, -0.25) is 14.6 Å². The van der Waals surface area contributed by atoms with Crippen LogP contribution in [0, 0.1) is 0 Å². The Kier molecular flexibility index (Phi) is 5.25. The normalized spacial score (nSPS) is 11.6. The van der Waals surface area contributed by atoms with E-state index in [2.05, 4.69) is 10.3 Å². The van der Waals surface area contributed by atoms with Gasteiger partial charge < -0.3 is 16.2 Å². The third-order valence-electron chi connectivity index (χ3n) is 2.30. The fourth-order valence-corrected chi connectivity index (χ4v) is 1.52. The van der Waals surface area contributed by atoms with Gasteiger partial charge in [-0.05, 0) is 12.5 Å². The number of carboxylic acids is 1. The Morgan fingerprint density at radius 3 is 2.68 bits per heavy atom. The second-order valence-corrected chi connectivity index (χ2v) is 4.13. The first kappa shape index (κ1) is 14.9. The zero-order chi connectivity index (χ0) is 14.4. The molecule has 19 heavy (non-hydrogen) atoms. The van der Waals surface area contributed by atoms with Crippen LogP contribution in [0.3, 0.4) is 0 Å². The van der Waals surface area contributed by atoms with E-state index < -0.39 is 23.8 Å². The number of nitrogens with one attached hydrogen (secondary N) is 1. The molecular formula is C11H12ClN3O4. The van der Waals surface area contributed by atoms with Crippen molar-refractivity contribution >= 4 is 29.4 Å². The van der Waals surface area contributed by atoms with Gasteiger partial charge in [0.1, 0.15) is 6.04 Å². The summed E-state index contributed by atoms with van der Waals surface area (Å²) >= 11 is 5.79. The van der Waals surface area contributed by atoms with Crippen LogP contribution in [0.2, 0.25) is 5.02 Å². The molecule has 0 bridgehead atoms. The molecular weight excluding hydrogens is 274 g/mol. The van der Waals surface area contributed by atoms with Crippen LogP contribution >= 0.6 is 11.6 Å². The van der Waals surface area contributed by atoms with Gasteiger partial charge >= 0.3 is 5.97 Å². The summed E-state index contributed by atoms with van der Waals surface area (Å²) in [5, 5.41) is 11.4. The third kappa shape index (κ3) is 4.55. The maximum atomic E-state index is 11.8. The molecule has 0 aromatic carbocycles. The van der Waals surface area contributed by atoms with Gasteiger partial charge in [0, 0.05) is 18.8 Å². The van der Waals surface area contributed by atoms with E-state index in [1.807, 2.05) is 0 Å². The van der Waals surface area contributed by atoms with Gasteiger partial charge in [-0.1, -0.05) is 11.6 Å². The number of primary amides is 1. The second-order valence-electron chi connectivity index (χ2n) is 3.72. The Balaban J connectivity index is 2.74. The summed E-state index contributed by atoms with van der Waals surface area (Å²) in [7, 11) is 0. The highest BCUT2D eigenvalue weighted by atomic mass is 35.5. The van der Waals surface area contributed by atoms with Gasteiger partial charge in [-0.2, -0.15) is 0 Å². The van der Waals surface area contributed by atoms with E-state index in [1.165, 1.54) is 18.5 Å². The van der Waals surface area contributed by atoms with Crippen molar-refractivity contribution in [2.24, 2.45) is 5.73 Å². The summed E-state index contributed by atoms with van der Waals surface area (Å²) in [6, 6.07) is 0.201. The number of hydrogen-bond acceptors (Lipinski definition) is 4. The number of halogens is 1. The topological polar surface area (TPSA) is 122 Å². The fourth-order valence-electron chi connectivity index (χ4n) is 1.32. The molecule has 4 N–H and O–H groups in total. The molecule has 0 saturated heterocycles. The quantitative estimate of drug-likeness (QED) is 0.688. The highest BCUT2D eigenvalue weighted by Gasteiger charge is 2.22. The van der Waals surface area contributed by atoms with Gasteiger partial charge in [-0.15, -0.1) is 0 Å². The van der Waals surface area contributed by atoms with Crippen molar-refractivity contribution in [1.29, 1.82) is 0 Å². The Morgan fingerprint density at radius 1 is 1.47 bits per heavy atom. The molecule has 7 nitrogen and oxygen atoms in total. The number of rotatable bonds is 6. The highest BCUT2D eigenvalue weighted by Crippen LogP contribution is 2.13. The molecule has 0 aliphatic heterocycles. The molecule has 0 fully saturated rings. The van der Waals surface area contributed by atoms with Crippen LogP contribution in [0.5, 0.6) is 0 Å². The lowest BCUT2D eigenvalue weighted by Crippen LogP contribution is -2.41. The molecule has 0 unspecified atom stereocenters. The van der Waals surface area contributed by atoms with Crippen molar-refractivity contribution in [2.45, 2.75) is 18.9 Å². The predicted molar refractivity (Wildman–Crippen MR) is 66.6 cm³/mol. The number of aliphatic carboxylic acids is 1. The van der Waals surface area contributed by atoms with Crippen molar-refractivity contribution in [3.05, 3.63) is 29.0 Å². The Labute approximate surface area is 113 Å². The molecule has 0 radical (unpaired) electrons. The van der Waals surface area contributed by atoms with Crippen LogP contribution < -0.4 is 11.1 Å². The molecule has 0 aliphatic carbocycles. The number of hydrogen-bond donors (Lipinski definition) is 3. The van der Waals surface area contributed by atoms with Gasteiger partial charge in [0.2, 0.25) is 5.91 Å². The summed E-state index contributed by atoms with van der Waals surface area (Å²) in [5.41, 5.74) is 5.00. The Morgan fingerprint density at radius 2 is 2.16 bits per heavy atom. The Bertz CT molecular complexity index is 506. The smallest absolute Gasteiger partial charge is 0.326 e. The minimum Gasteiger partial charge on any atom is -0.480 e. The number of nitrogens with zero attached hydrogens (tertiary/aromatic N) is 1. The molecule has 0 aliphatic rings. The second kappa shape index (κ2) is 6.69. The lowest BCUT2D eigenvalue weighted by molar-refractivity contribution is -0.139. The molecule has 1 heterocycles. The molecule has 1 aromatic heterocycles. The van der Waals surface area contributed by atoms with Gasteiger partial charge in [0.15, 0.2) is 0 Å². The number of pyridine rings is 1. The summed E-state index contributed by atoms with van der Waals surface area (Å²) < 4.78 is 0. The molecule has 8 heteroatoms. The van der Waals surface area contributed by atoms with Crippen molar-refractivity contribution in [3.8, 4) is 0 Å². The van der Waals surface area contributed by atoms with Crippen LogP contribution in [-0.4, -0.2) is 33.9 Å². The number of carbonyl (C=O) groups is 3. The average Bonchev–Trinajstić information content (AvgIpc) is 2.34. The van der Waals surface area contributed by atoms with Crippen LogP contribution in [0.4, 0.5) is 0 Å². The van der Waals surface area contributed by atoms with Crippen LogP contribution in [0.1, 0.15) is 23.2 Å². The van der Waals surface area contributed by atoms with E-state index in [4.69, 9.17) is 22.4 Å². The van der Waals surface area contributed by atoms with Crippen molar-refractivity contribution in [1.82, 2.24) is 10.3 Å².